The topological polar surface area (TPSA) is 34.0 Å². The van der Waals surface area contributed by atoms with Crippen molar-refractivity contribution in [1.82, 2.24) is 19.9 Å². The molecule has 0 amide bonds. The smallest absolute Gasteiger partial charge is 0.117 e. The quantitative estimate of drug-likeness (QED) is 0.847. The van der Waals surface area contributed by atoms with Crippen molar-refractivity contribution in [2.24, 2.45) is 5.92 Å². The van der Waals surface area contributed by atoms with Crippen molar-refractivity contribution in [3.05, 3.63) is 24.3 Å². The van der Waals surface area contributed by atoms with Crippen LogP contribution in [0.25, 0.3) is 11.0 Å². The second-order valence-electron chi connectivity index (χ2n) is 6.85. The van der Waals surface area contributed by atoms with E-state index >= 15 is 0 Å². The Labute approximate surface area is 126 Å². The zero-order valence-electron chi connectivity index (χ0n) is 12.8. The van der Waals surface area contributed by atoms with Crippen LogP contribution in [0, 0.1) is 5.92 Å². The minimum Gasteiger partial charge on any atom is -0.279 e. The number of piperidine rings is 1. The van der Waals surface area contributed by atoms with Crippen molar-refractivity contribution < 1.29 is 0 Å². The molecule has 0 atom stereocenters. The molecule has 1 aliphatic carbocycles. The Morgan fingerprint density at radius 1 is 1.10 bits per heavy atom. The predicted molar refractivity (Wildman–Crippen MR) is 83.9 cm³/mol. The van der Waals surface area contributed by atoms with Gasteiger partial charge in [-0.25, -0.2) is 4.68 Å². The van der Waals surface area contributed by atoms with Gasteiger partial charge < -0.3 is 0 Å². The minimum absolute atomic E-state index is 0.0796. The Hall–Kier alpha value is -1.42. The lowest BCUT2D eigenvalue weighted by atomic mass is 9.95. The largest absolute Gasteiger partial charge is 0.279 e. The molecule has 4 nitrogen and oxygen atoms in total. The van der Waals surface area contributed by atoms with Crippen LogP contribution in [0.5, 0.6) is 0 Å². The Morgan fingerprint density at radius 3 is 2.57 bits per heavy atom. The minimum atomic E-state index is 0.0796. The van der Waals surface area contributed by atoms with Gasteiger partial charge in [0.05, 0.1) is 5.52 Å². The maximum Gasteiger partial charge on any atom is 0.117 e. The zero-order valence-corrected chi connectivity index (χ0v) is 12.8. The van der Waals surface area contributed by atoms with Gasteiger partial charge in [-0.1, -0.05) is 24.3 Å². The van der Waals surface area contributed by atoms with Crippen LogP contribution < -0.4 is 0 Å². The lowest BCUT2D eigenvalue weighted by molar-refractivity contribution is -0.0106. The molecule has 21 heavy (non-hydrogen) atoms. The van der Waals surface area contributed by atoms with E-state index in [1.807, 2.05) is 6.07 Å². The summed E-state index contributed by atoms with van der Waals surface area (Å²) in [6.07, 6.45) is 7.67. The van der Waals surface area contributed by atoms with E-state index in [0.29, 0.717) is 0 Å². The van der Waals surface area contributed by atoms with Crippen molar-refractivity contribution in [2.45, 2.75) is 51.1 Å². The summed E-state index contributed by atoms with van der Waals surface area (Å²) in [5.74, 6) is 0.868. The van der Waals surface area contributed by atoms with E-state index in [1.165, 1.54) is 57.1 Å². The number of fused-ring (bicyclic) bond motifs is 1. The summed E-state index contributed by atoms with van der Waals surface area (Å²) in [7, 11) is 0. The summed E-state index contributed by atoms with van der Waals surface area (Å²) in [6, 6.07) is 8.39. The van der Waals surface area contributed by atoms with Gasteiger partial charge in [-0.3, -0.25) is 4.90 Å². The molecule has 1 saturated carbocycles. The van der Waals surface area contributed by atoms with Crippen LogP contribution in [0.15, 0.2) is 24.3 Å². The number of aromatic nitrogens is 3. The first-order chi connectivity index (χ1) is 10.3. The maximum atomic E-state index is 4.57. The fraction of sp³-hybridized carbons (Fsp3) is 0.647. The van der Waals surface area contributed by atoms with Gasteiger partial charge in [0.15, 0.2) is 0 Å². The molecule has 2 aliphatic rings. The van der Waals surface area contributed by atoms with Crippen LogP contribution in [0.1, 0.15) is 45.4 Å². The van der Waals surface area contributed by atoms with Crippen molar-refractivity contribution in [2.75, 3.05) is 13.1 Å². The fourth-order valence-electron chi connectivity index (χ4n) is 4.20. The molecule has 2 aromatic rings. The summed E-state index contributed by atoms with van der Waals surface area (Å²) in [5.41, 5.74) is 2.29. The summed E-state index contributed by atoms with van der Waals surface area (Å²) < 4.78 is 2.24. The lowest BCUT2D eigenvalue weighted by Crippen LogP contribution is -2.52. The molecule has 1 saturated heterocycles. The van der Waals surface area contributed by atoms with Crippen molar-refractivity contribution in [3.63, 3.8) is 0 Å². The molecule has 0 bridgehead atoms. The van der Waals surface area contributed by atoms with Crippen LogP contribution >= 0.6 is 0 Å². The van der Waals surface area contributed by atoms with Gasteiger partial charge in [0, 0.05) is 13.1 Å². The number of hydrogen-bond acceptors (Lipinski definition) is 3. The van der Waals surface area contributed by atoms with Gasteiger partial charge in [-0.05, 0) is 56.6 Å². The summed E-state index contributed by atoms with van der Waals surface area (Å²) >= 11 is 0. The number of rotatable bonds is 2. The molecule has 1 aromatic carbocycles. The van der Waals surface area contributed by atoms with E-state index in [2.05, 4.69) is 45.0 Å². The van der Waals surface area contributed by atoms with Crippen LogP contribution in [0.2, 0.25) is 0 Å². The van der Waals surface area contributed by atoms with E-state index in [1.54, 1.807) is 0 Å². The SMILES string of the molecule is CC1CCN(C2(n3nnc4ccccc43)CCCC2)CC1. The number of likely N-dealkylation sites (tertiary alicyclic amines) is 1. The molecule has 0 N–H and O–H groups in total. The Kier molecular flexibility index (Phi) is 3.21. The third kappa shape index (κ3) is 2.08. The first-order valence-corrected chi connectivity index (χ1v) is 8.36. The Bertz CT molecular complexity index is 619. The molecule has 0 radical (unpaired) electrons. The summed E-state index contributed by atoms with van der Waals surface area (Å²) in [4.78, 5) is 2.70. The van der Waals surface area contributed by atoms with E-state index in [9.17, 15) is 0 Å². The number of hydrogen-bond donors (Lipinski definition) is 0. The molecular weight excluding hydrogens is 260 g/mol. The molecule has 1 aliphatic heterocycles. The average Bonchev–Trinajstić information content (AvgIpc) is 3.15. The van der Waals surface area contributed by atoms with Gasteiger partial charge in [-0.15, -0.1) is 5.10 Å². The van der Waals surface area contributed by atoms with Gasteiger partial charge in [-0.2, -0.15) is 0 Å². The molecule has 2 fully saturated rings. The maximum absolute atomic E-state index is 4.57. The molecule has 1 aromatic heterocycles. The first kappa shape index (κ1) is 13.3. The molecule has 0 spiro atoms. The average molecular weight is 284 g/mol. The van der Waals surface area contributed by atoms with Crippen LogP contribution in [-0.4, -0.2) is 33.0 Å². The van der Waals surface area contributed by atoms with Crippen molar-refractivity contribution in [1.29, 1.82) is 0 Å². The van der Waals surface area contributed by atoms with Gasteiger partial charge in [0.2, 0.25) is 0 Å². The third-order valence-electron chi connectivity index (χ3n) is 5.52. The van der Waals surface area contributed by atoms with Crippen molar-refractivity contribution in [3.8, 4) is 0 Å². The molecule has 2 heterocycles. The lowest BCUT2D eigenvalue weighted by Gasteiger charge is -2.44. The predicted octanol–water partition coefficient (Wildman–Crippen LogP) is 3.39. The van der Waals surface area contributed by atoms with Crippen LogP contribution in [0.4, 0.5) is 0 Å². The molecule has 4 rings (SSSR count). The monoisotopic (exact) mass is 284 g/mol. The molecule has 112 valence electrons. The standard InChI is InChI=1S/C17H24N4/c1-14-8-12-20(13-9-14)17(10-4-5-11-17)21-16-7-3-2-6-15(16)18-19-21/h2-3,6-7,14H,4-5,8-13H2,1H3. The van der Waals surface area contributed by atoms with Gasteiger partial charge >= 0.3 is 0 Å². The van der Waals surface area contributed by atoms with E-state index < -0.39 is 0 Å². The highest BCUT2D eigenvalue weighted by atomic mass is 15.5. The van der Waals surface area contributed by atoms with Gasteiger partial charge in [0.1, 0.15) is 11.2 Å². The zero-order chi connectivity index (χ0) is 14.3. The highest BCUT2D eigenvalue weighted by Gasteiger charge is 2.43. The van der Waals surface area contributed by atoms with E-state index in [-0.39, 0.29) is 5.66 Å². The fourth-order valence-corrected chi connectivity index (χ4v) is 4.20. The third-order valence-corrected chi connectivity index (χ3v) is 5.52. The first-order valence-electron chi connectivity index (χ1n) is 8.36. The second kappa shape index (κ2) is 5.09. The molecular formula is C17H24N4. The normalized spacial score (nSPS) is 23.9. The summed E-state index contributed by atoms with van der Waals surface area (Å²) in [6.45, 7) is 4.79. The van der Waals surface area contributed by atoms with Crippen molar-refractivity contribution >= 4 is 11.0 Å². The molecule has 4 heteroatoms. The van der Waals surface area contributed by atoms with Crippen LogP contribution in [0.3, 0.4) is 0 Å². The van der Waals surface area contributed by atoms with Gasteiger partial charge in [0.25, 0.3) is 0 Å². The second-order valence-corrected chi connectivity index (χ2v) is 6.85. The van der Waals surface area contributed by atoms with E-state index in [0.717, 1.165) is 11.4 Å². The highest BCUT2D eigenvalue weighted by Crippen LogP contribution is 2.42. The number of nitrogens with zero attached hydrogens (tertiary/aromatic N) is 4. The number of para-hydroxylation sites is 1. The Morgan fingerprint density at radius 2 is 1.81 bits per heavy atom. The number of benzene rings is 1. The molecule has 0 unspecified atom stereocenters. The van der Waals surface area contributed by atoms with Crippen LogP contribution in [-0.2, 0) is 5.66 Å². The highest BCUT2D eigenvalue weighted by molar-refractivity contribution is 5.74. The summed E-state index contributed by atoms with van der Waals surface area (Å²) in [5, 5.41) is 8.97. The van der Waals surface area contributed by atoms with E-state index in [4.69, 9.17) is 0 Å². The Balaban J connectivity index is 1.77.